The molecule has 1 saturated heterocycles. The molecule has 0 radical (unpaired) electrons. The first-order chi connectivity index (χ1) is 7.05. The van der Waals surface area contributed by atoms with Crippen molar-refractivity contribution in [3.05, 3.63) is 0 Å². The van der Waals surface area contributed by atoms with Crippen LogP contribution < -0.4 is 0 Å². The van der Waals surface area contributed by atoms with Gasteiger partial charge in [0.25, 0.3) is 0 Å². The van der Waals surface area contributed by atoms with Crippen molar-refractivity contribution in [1.29, 1.82) is 0 Å². The molecule has 0 atom stereocenters. The molecule has 0 spiro atoms. The Kier molecular flexibility index (Phi) is 5.38. The van der Waals surface area contributed by atoms with Gasteiger partial charge in [-0.15, -0.1) is 10.4 Å². The minimum Gasteiger partial charge on any atom is -0.220 e. The summed E-state index contributed by atoms with van der Waals surface area (Å²) < 4.78 is 5.56. The Balaban J connectivity index is 2.44. The van der Waals surface area contributed by atoms with Gasteiger partial charge in [0.2, 0.25) is 0 Å². The van der Waals surface area contributed by atoms with E-state index in [1.165, 1.54) is 38.8 Å². The van der Waals surface area contributed by atoms with Crippen LogP contribution in [0.15, 0.2) is 0 Å². The van der Waals surface area contributed by atoms with Crippen LogP contribution in [0, 0.1) is 0 Å². The van der Waals surface area contributed by atoms with Crippen molar-refractivity contribution in [1.82, 2.24) is 8.15 Å². The lowest BCUT2D eigenvalue weighted by molar-refractivity contribution is 0.510. The highest BCUT2D eigenvalue weighted by molar-refractivity contribution is 8.37. The van der Waals surface area contributed by atoms with E-state index in [0.717, 1.165) is 0 Å². The quantitative estimate of drug-likeness (QED) is 0.656. The van der Waals surface area contributed by atoms with Crippen molar-refractivity contribution in [2.45, 2.75) is 39.5 Å². The van der Waals surface area contributed by atoms with Crippen LogP contribution in [0.25, 0.3) is 0 Å². The Hall–Kier alpha value is 0.700. The van der Waals surface area contributed by atoms with E-state index in [0.29, 0.717) is 0 Å². The molecule has 1 rings (SSSR count). The third-order valence-electron chi connectivity index (χ3n) is 3.08. The lowest BCUT2D eigenvalue weighted by atomic mass is 10.3. The summed E-state index contributed by atoms with van der Waals surface area (Å²) >= 11 is 0. The predicted molar refractivity (Wildman–Crippen MR) is 75.5 cm³/mol. The van der Waals surface area contributed by atoms with Crippen molar-refractivity contribution in [3.63, 3.8) is 0 Å². The summed E-state index contributed by atoms with van der Waals surface area (Å²) in [6.07, 6.45) is 10.3. The first-order valence-corrected chi connectivity index (χ1v) is 10.1. The van der Waals surface area contributed by atoms with Crippen LogP contribution in [-0.4, -0.2) is 40.4 Å². The first-order valence-electron chi connectivity index (χ1n) is 6.08. The number of nitrogens with zero attached hydrogens (tertiary/aromatic N) is 2. The zero-order valence-electron chi connectivity index (χ0n) is 11.0. The van der Waals surface area contributed by atoms with E-state index in [4.69, 9.17) is 0 Å². The molecule has 1 fully saturated rings. The summed E-state index contributed by atoms with van der Waals surface area (Å²) in [5, 5.41) is 0. The highest BCUT2D eigenvalue weighted by Crippen LogP contribution is 2.76. The van der Waals surface area contributed by atoms with Crippen molar-refractivity contribution < 1.29 is 0 Å². The maximum Gasteiger partial charge on any atom is 0.0558 e. The largest absolute Gasteiger partial charge is 0.220 e. The van der Waals surface area contributed by atoms with Crippen molar-refractivity contribution >= 4 is 18.6 Å². The Morgan fingerprint density at radius 3 is 1.60 bits per heavy atom. The second kappa shape index (κ2) is 5.86. The second-order valence-electron chi connectivity index (χ2n) is 4.57. The number of rotatable bonds is 6. The molecule has 0 aromatic heterocycles. The van der Waals surface area contributed by atoms with Gasteiger partial charge in [-0.3, -0.25) is 0 Å². The summed E-state index contributed by atoms with van der Waals surface area (Å²) in [4.78, 5) is 0. The van der Waals surface area contributed by atoms with Crippen LogP contribution in [0.1, 0.15) is 39.5 Å². The van der Waals surface area contributed by atoms with Gasteiger partial charge in [-0.1, -0.05) is 26.7 Å². The summed E-state index contributed by atoms with van der Waals surface area (Å²) in [6, 6.07) is 0. The summed E-state index contributed by atoms with van der Waals surface area (Å²) in [7, 11) is -0.513. The molecule has 0 bridgehead atoms. The van der Waals surface area contributed by atoms with Crippen LogP contribution in [-0.2, 0) is 0 Å². The average molecular weight is 250 g/mol. The molecule has 0 unspecified atom stereocenters. The van der Waals surface area contributed by atoms with Crippen LogP contribution in [0.3, 0.4) is 0 Å². The molecule has 4 heteroatoms. The third kappa shape index (κ3) is 2.88. The van der Waals surface area contributed by atoms with Gasteiger partial charge in [0.1, 0.15) is 0 Å². The number of hydrogen-bond acceptors (Lipinski definition) is 2. The fourth-order valence-electron chi connectivity index (χ4n) is 2.09. The van der Waals surface area contributed by atoms with Gasteiger partial charge in [-0.05, 0) is 32.0 Å². The molecule has 1 heterocycles. The summed E-state index contributed by atoms with van der Waals surface area (Å²) in [5.74, 6) is 0. The van der Waals surface area contributed by atoms with E-state index in [2.05, 4.69) is 41.2 Å². The van der Waals surface area contributed by atoms with Crippen molar-refractivity contribution in [2.24, 2.45) is 0 Å². The smallest absolute Gasteiger partial charge is 0.0558 e. The van der Waals surface area contributed by atoms with E-state index in [1.54, 1.807) is 0 Å². The molecule has 0 aromatic carbocycles. The zero-order chi connectivity index (χ0) is 11.5. The SMILES string of the molecule is CCCCN1P(C)N(CCCC)S1(C)C. The van der Waals surface area contributed by atoms with E-state index in [1.807, 2.05) is 0 Å². The Bertz CT molecular complexity index is 181. The maximum absolute atomic E-state index is 2.78. The monoisotopic (exact) mass is 250 g/mol. The number of unbranched alkanes of at least 4 members (excludes halogenated alkanes) is 2. The van der Waals surface area contributed by atoms with Crippen LogP contribution in [0.2, 0.25) is 0 Å². The van der Waals surface area contributed by atoms with Crippen LogP contribution in [0.5, 0.6) is 0 Å². The van der Waals surface area contributed by atoms with Gasteiger partial charge in [0.15, 0.2) is 0 Å². The van der Waals surface area contributed by atoms with Gasteiger partial charge >= 0.3 is 0 Å². The minimum absolute atomic E-state index is 0.0480. The van der Waals surface area contributed by atoms with E-state index in [-0.39, 0.29) is 8.22 Å². The highest BCUT2D eigenvalue weighted by atomic mass is 32.3. The summed E-state index contributed by atoms with van der Waals surface area (Å²) in [6.45, 7) is 9.65. The lowest BCUT2D eigenvalue weighted by Gasteiger charge is -2.66. The molecule has 2 nitrogen and oxygen atoms in total. The molecule has 1 aliphatic rings. The average Bonchev–Trinajstić information content (AvgIpc) is 2.18. The number of hydrogen-bond donors (Lipinski definition) is 0. The molecule has 1 aliphatic heterocycles. The second-order valence-corrected chi connectivity index (χ2v) is 10.4. The maximum atomic E-state index is 2.78. The van der Waals surface area contributed by atoms with Crippen LogP contribution >= 0.6 is 18.6 Å². The van der Waals surface area contributed by atoms with Crippen LogP contribution in [0.4, 0.5) is 0 Å². The topological polar surface area (TPSA) is 6.48 Å². The highest BCUT2D eigenvalue weighted by Gasteiger charge is 2.45. The molecule has 0 saturated carbocycles. The van der Waals surface area contributed by atoms with E-state index >= 15 is 0 Å². The molecular formula is C11H27N2PS. The Morgan fingerprint density at radius 1 is 0.933 bits per heavy atom. The standard InChI is InChI=1S/C11H27N2PS/c1-6-8-10-12-14(3)13(11-9-7-2)15(12,4)5/h6-11H2,1-5H3. The van der Waals surface area contributed by atoms with Crippen molar-refractivity contribution in [2.75, 3.05) is 32.3 Å². The molecule has 15 heavy (non-hydrogen) atoms. The van der Waals surface area contributed by atoms with E-state index < -0.39 is 10.4 Å². The van der Waals surface area contributed by atoms with Gasteiger partial charge in [0.05, 0.1) is 8.22 Å². The Morgan fingerprint density at radius 2 is 1.33 bits per heavy atom. The normalized spacial score (nSPS) is 25.1. The fraction of sp³-hybridized carbons (Fsp3) is 1.00. The first kappa shape index (κ1) is 13.8. The van der Waals surface area contributed by atoms with Crippen molar-refractivity contribution in [3.8, 4) is 0 Å². The molecular weight excluding hydrogens is 223 g/mol. The minimum atomic E-state index is -0.561. The fourth-order valence-corrected chi connectivity index (χ4v) is 9.76. The summed E-state index contributed by atoms with van der Waals surface area (Å²) in [5.41, 5.74) is 0. The third-order valence-corrected chi connectivity index (χ3v) is 11.0. The predicted octanol–water partition coefficient (Wildman–Crippen LogP) is 4.04. The lowest BCUT2D eigenvalue weighted by Crippen LogP contribution is -2.46. The molecule has 0 aromatic rings. The van der Waals surface area contributed by atoms with Gasteiger partial charge in [-0.25, -0.2) is 8.15 Å². The van der Waals surface area contributed by atoms with E-state index in [9.17, 15) is 0 Å². The molecule has 0 N–H and O–H groups in total. The zero-order valence-corrected chi connectivity index (χ0v) is 12.7. The van der Waals surface area contributed by atoms with Gasteiger partial charge < -0.3 is 0 Å². The Labute approximate surface area is 98.8 Å². The molecule has 0 aliphatic carbocycles. The van der Waals surface area contributed by atoms with Gasteiger partial charge in [-0.2, -0.15) is 0 Å². The molecule has 92 valence electrons. The van der Waals surface area contributed by atoms with Gasteiger partial charge in [0, 0.05) is 13.1 Å². The molecule has 0 amide bonds.